The number of aromatic nitrogens is 1. The molecule has 0 fully saturated rings. The zero-order chi connectivity index (χ0) is 10.7. The Kier molecular flexibility index (Phi) is 2.87. The maximum Gasteiger partial charge on any atom is 0.201 e. The molecule has 1 N–H and O–H groups in total. The van der Waals surface area contributed by atoms with Crippen LogP contribution in [0.15, 0.2) is 33.4 Å². The van der Waals surface area contributed by atoms with Crippen molar-refractivity contribution in [1.82, 2.24) is 4.98 Å². The van der Waals surface area contributed by atoms with Crippen LogP contribution in [0, 0.1) is 0 Å². The molecule has 0 amide bonds. The van der Waals surface area contributed by atoms with Crippen LogP contribution in [0.1, 0.15) is 30.3 Å². The van der Waals surface area contributed by atoms with E-state index in [1.807, 2.05) is 19.1 Å². The van der Waals surface area contributed by atoms with Crippen LogP contribution < -0.4 is 0 Å². The molecule has 1 unspecified atom stereocenters. The van der Waals surface area contributed by atoms with Crippen molar-refractivity contribution >= 4 is 0 Å². The molecular formula is C11H13NO3. The van der Waals surface area contributed by atoms with Gasteiger partial charge in [-0.3, -0.25) is 0 Å². The second kappa shape index (κ2) is 4.31. The Bertz CT molecular complexity index is 405. The molecule has 80 valence electrons. The Morgan fingerprint density at radius 3 is 3.07 bits per heavy atom. The lowest BCUT2D eigenvalue weighted by molar-refractivity contribution is 0.255. The van der Waals surface area contributed by atoms with Crippen LogP contribution >= 0.6 is 0 Å². The van der Waals surface area contributed by atoms with Gasteiger partial charge in [0, 0.05) is 5.92 Å². The molecule has 0 saturated heterocycles. The third-order valence-corrected chi connectivity index (χ3v) is 2.24. The fourth-order valence-corrected chi connectivity index (χ4v) is 1.29. The molecule has 0 aliphatic rings. The Morgan fingerprint density at radius 1 is 1.53 bits per heavy atom. The van der Waals surface area contributed by atoms with Gasteiger partial charge in [-0.2, -0.15) is 0 Å². The molecule has 0 spiro atoms. The molecule has 0 saturated carbocycles. The average molecular weight is 207 g/mol. The lowest BCUT2D eigenvalue weighted by Crippen LogP contribution is -1.96. The maximum absolute atomic E-state index is 8.95. The van der Waals surface area contributed by atoms with Crippen molar-refractivity contribution in [3.05, 3.63) is 42.0 Å². The molecule has 2 rings (SSSR count). The van der Waals surface area contributed by atoms with Gasteiger partial charge in [-0.25, -0.2) is 4.98 Å². The van der Waals surface area contributed by atoms with Crippen LogP contribution in [0.3, 0.4) is 0 Å². The molecule has 0 radical (unpaired) electrons. The Hall–Kier alpha value is -1.55. The Labute approximate surface area is 87.6 Å². The van der Waals surface area contributed by atoms with Crippen LogP contribution in [0.2, 0.25) is 0 Å². The van der Waals surface area contributed by atoms with Crippen molar-refractivity contribution in [3.63, 3.8) is 0 Å². The molecule has 1 atom stereocenters. The van der Waals surface area contributed by atoms with Crippen molar-refractivity contribution < 1.29 is 13.9 Å². The molecular weight excluding hydrogens is 194 g/mol. The van der Waals surface area contributed by atoms with E-state index in [0.29, 0.717) is 18.1 Å². The van der Waals surface area contributed by atoms with E-state index < -0.39 is 0 Å². The molecule has 0 aromatic carbocycles. The molecule has 0 aliphatic carbocycles. The van der Waals surface area contributed by atoms with Gasteiger partial charge in [-0.1, -0.05) is 6.92 Å². The largest absolute Gasteiger partial charge is 0.469 e. The zero-order valence-electron chi connectivity index (χ0n) is 8.51. The normalized spacial score (nSPS) is 12.9. The predicted molar refractivity (Wildman–Crippen MR) is 53.5 cm³/mol. The maximum atomic E-state index is 8.95. The van der Waals surface area contributed by atoms with Crippen LogP contribution in [0.4, 0.5) is 0 Å². The summed E-state index contributed by atoms with van der Waals surface area (Å²) in [6.45, 7) is 1.95. The van der Waals surface area contributed by atoms with E-state index in [1.54, 1.807) is 12.5 Å². The highest BCUT2D eigenvalue weighted by molar-refractivity contribution is 5.07. The third kappa shape index (κ3) is 2.27. The molecule has 2 aromatic rings. The molecule has 2 aromatic heterocycles. The molecule has 2 heterocycles. The summed E-state index contributed by atoms with van der Waals surface area (Å²) in [5, 5.41) is 8.95. The lowest BCUT2D eigenvalue weighted by Gasteiger charge is -2.00. The summed E-state index contributed by atoms with van der Waals surface area (Å²) in [5.41, 5.74) is 0. The average Bonchev–Trinajstić information content (AvgIpc) is 2.88. The van der Waals surface area contributed by atoms with Crippen LogP contribution in [0.5, 0.6) is 0 Å². The Balaban J connectivity index is 2.07. The third-order valence-electron chi connectivity index (χ3n) is 2.24. The second-order valence-electron chi connectivity index (χ2n) is 3.50. The van der Waals surface area contributed by atoms with Gasteiger partial charge in [-0.15, -0.1) is 0 Å². The summed E-state index contributed by atoms with van der Waals surface area (Å²) in [4.78, 5) is 4.12. The van der Waals surface area contributed by atoms with E-state index in [0.717, 1.165) is 5.76 Å². The fourth-order valence-electron chi connectivity index (χ4n) is 1.29. The van der Waals surface area contributed by atoms with E-state index in [1.165, 1.54) is 0 Å². The summed E-state index contributed by atoms with van der Waals surface area (Å²) < 4.78 is 10.7. The van der Waals surface area contributed by atoms with Gasteiger partial charge >= 0.3 is 0 Å². The second-order valence-corrected chi connectivity index (χ2v) is 3.50. The highest BCUT2D eigenvalue weighted by Gasteiger charge is 2.11. The van der Waals surface area contributed by atoms with Crippen molar-refractivity contribution in [2.24, 2.45) is 0 Å². The standard InChI is InChI=1S/C11H13NO3/c1-8(7-13)10-6-12-11(15-10)5-9-3-2-4-14-9/h2-4,6,8,13H,5,7H2,1H3. The molecule has 0 bridgehead atoms. The van der Waals surface area contributed by atoms with Crippen molar-refractivity contribution in [1.29, 1.82) is 0 Å². The number of hydrogen-bond acceptors (Lipinski definition) is 4. The topological polar surface area (TPSA) is 59.4 Å². The molecule has 4 nitrogen and oxygen atoms in total. The number of aliphatic hydroxyl groups excluding tert-OH is 1. The van der Waals surface area contributed by atoms with Crippen molar-refractivity contribution in [3.8, 4) is 0 Å². The highest BCUT2D eigenvalue weighted by atomic mass is 16.4. The lowest BCUT2D eigenvalue weighted by atomic mass is 10.1. The summed E-state index contributed by atoms with van der Waals surface area (Å²) in [7, 11) is 0. The summed E-state index contributed by atoms with van der Waals surface area (Å²) >= 11 is 0. The van der Waals surface area contributed by atoms with Gasteiger partial charge in [0.2, 0.25) is 5.89 Å². The van der Waals surface area contributed by atoms with Gasteiger partial charge in [0.1, 0.15) is 11.5 Å². The van der Waals surface area contributed by atoms with Crippen molar-refractivity contribution in [2.45, 2.75) is 19.3 Å². The van der Waals surface area contributed by atoms with Crippen LogP contribution in [-0.4, -0.2) is 16.7 Å². The van der Waals surface area contributed by atoms with Gasteiger partial charge in [0.25, 0.3) is 0 Å². The number of rotatable bonds is 4. The molecule has 15 heavy (non-hydrogen) atoms. The number of oxazole rings is 1. The van der Waals surface area contributed by atoms with E-state index in [4.69, 9.17) is 13.9 Å². The van der Waals surface area contributed by atoms with Crippen molar-refractivity contribution in [2.75, 3.05) is 6.61 Å². The summed E-state index contributed by atoms with van der Waals surface area (Å²) in [6, 6.07) is 3.70. The smallest absolute Gasteiger partial charge is 0.201 e. The minimum Gasteiger partial charge on any atom is -0.469 e. The van der Waals surface area contributed by atoms with E-state index in [2.05, 4.69) is 4.98 Å². The summed E-state index contributed by atoms with van der Waals surface area (Å²) in [6.07, 6.45) is 3.82. The predicted octanol–water partition coefficient (Wildman–Crippen LogP) is 1.95. The Morgan fingerprint density at radius 2 is 2.40 bits per heavy atom. The van der Waals surface area contributed by atoms with Crippen LogP contribution in [-0.2, 0) is 6.42 Å². The van der Waals surface area contributed by atoms with Gasteiger partial charge in [0.15, 0.2) is 0 Å². The van der Waals surface area contributed by atoms with E-state index in [-0.39, 0.29) is 12.5 Å². The minimum atomic E-state index is -0.0112. The SMILES string of the molecule is CC(CO)c1cnc(Cc2ccco2)o1. The first-order valence-electron chi connectivity index (χ1n) is 4.87. The first-order chi connectivity index (χ1) is 7.29. The molecule has 4 heteroatoms. The van der Waals surface area contributed by atoms with E-state index in [9.17, 15) is 0 Å². The van der Waals surface area contributed by atoms with Gasteiger partial charge in [-0.05, 0) is 12.1 Å². The number of aliphatic hydroxyl groups is 1. The first-order valence-corrected chi connectivity index (χ1v) is 4.87. The zero-order valence-corrected chi connectivity index (χ0v) is 8.51. The quantitative estimate of drug-likeness (QED) is 0.832. The fraction of sp³-hybridized carbons (Fsp3) is 0.364. The van der Waals surface area contributed by atoms with E-state index >= 15 is 0 Å². The minimum absolute atomic E-state index is 0.0112. The number of furan rings is 1. The number of hydrogen-bond donors (Lipinski definition) is 1. The van der Waals surface area contributed by atoms with Crippen LogP contribution in [0.25, 0.3) is 0 Å². The highest BCUT2D eigenvalue weighted by Crippen LogP contribution is 2.17. The van der Waals surface area contributed by atoms with Gasteiger partial charge in [0.05, 0.1) is 25.5 Å². The first kappa shape index (κ1) is 9.98. The number of nitrogens with zero attached hydrogens (tertiary/aromatic N) is 1. The summed E-state index contributed by atoms with van der Waals surface area (Å²) in [5.74, 6) is 2.13. The molecule has 0 aliphatic heterocycles. The van der Waals surface area contributed by atoms with Gasteiger partial charge < -0.3 is 13.9 Å². The monoisotopic (exact) mass is 207 g/mol.